The van der Waals surface area contributed by atoms with Crippen LogP contribution in [0.4, 0.5) is 11.6 Å². The zero-order valence-electron chi connectivity index (χ0n) is 12.6. The lowest BCUT2D eigenvalue weighted by atomic mass is 10.3. The lowest BCUT2D eigenvalue weighted by Gasteiger charge is -2.26. The topological polar surface area (TPSA) is 137 Å². The standard InChI is InChI=1S/C11H18ClN7O/c1-4-19(5(2)3)9-7(12)16-6(8(13)17-9)10(20)18-11(14)15/h5H,4H2,1-3H3,(H2,13,17)(H4,14,15,18,20)/p+1. The molecule has 0 aliphatic carbocycles. The van der Waals surface area contributed by atoms with Crippen LogP contribution in [0.1, 0.15) is 32.7 Å². The Morgan fingerprint density at radius 1 is 1.45 bits per heavy atom. The summed E-state index contributed by atoms with van der Waals surface area (Å²) in [6.45, 7) is 6.59. The number of rotatable bonds is 4. The van der Waals surface area contributed by atoms with E-state index in [9.17, 15) is 4.79 Å². The van der Waals surface area contributed by atoms with Crippen LogP contribution < -0.4 is 22.1 Å². The smallest absolute Gasteiger partial charge is 0.382 e. The molecule has 0 atom stereocenters. The molecule has 8 nitrogen and oxygen atoms in total. The first kappa shape index (κ1) is 16.0. The van der Waals surface area contributed by atoms with Gasteiger partial charge in [-0.1, -0.05) is 11.6 Å². The minimum atomic E-state index is -0.781. The first-order valence-corrected chi connectivity index (χ1v) is 6.39. The summed E-state index contributed by atoms with van der Waals surface area (Å²) in [6.07, 6.45) is 0. The second-order valence-electron chi connectivity index (χ2n) is 4.29. The van der Waals surface area contributed by atoms with Gasteiger partial charge in [0.05, 0.1) is 0 Å². The molecule has 1 aromatic heterocycles. The normalized spacial score (nSPS) is 10.4. The maximum atomic E-state index is 11.7. The molecular weight excluding hydrogens is 282 g/mol. The van der Waals surface area contributed by atoms with Crippen LogP contribution >= 0.6 is 11.6 Å². The van der Waals surface area contributed by atoms with Crippen molar-refractivity contribution in [1.82, 2.24) is 9.97 Å². The number of anilines is 2. The van der Waals surface area contributed by atoms with E-state index in [0.717, 1.165) is 0 Å². The Hall–Kier alpha value is -2.09. The summed E-state index contributed by atoms with van der Waals surface area (Å²) >= 11 is 6.07. The summed E-state index contributed by atoms with van der Waals surface area (Å²) in [7, 11) is 0. The van der Waals surface area contributed by atoms with Crippen molar-refractivity contribution in [3.05, 3.63) is 10.8 Å². The molecular formula is C11H19ClN7O+. The van der Waals surface area contributed by atoms with E-state index in [-0.39, 0.29) is 30.1 Å². The summed E-state index contributed by atoms with van der Waals surface area (Å²) in [5.74, 6) is -0.814. The number of guanidine groups is 1. The SMILES string of the molecule is CCN(c1nc(N)c(C(=O)N=C(N)N)nc1Cl)C(C)C.[H+]. The second kappa shape index (κ2) is 6.38. The minimum Gasteiger partial charge on any atom is -0.382 e. The fourth-order valence-corrected chi connectivity index (χ4v) is 1.92. The third-order valence-corrected chi connectivity index (χ3v) is 2.79. The van der Waals surface area contributed by atoms with Gasteiger partial charge >= 0.3 is 7.33 Å². The number of nitrogens with zero attached hydrogens (tertiary/aromatic N) is 4. The highest BCUT2D eigenvalue weighted by Gasteiger charge is 2.20. The quantitative estimate of drug-likeness (QED) is 0.543. The van der Waals surface area contributed by atoms with E-state index in [2.05, 4.69) is 15.0 Å². The van der Waals surface area contributed by atoms with Gasteiger partial charge in [-0.15, -0.1) is 0 Å². The monoisotopic (exact) mass is 300 g/mol. The van der Waals surface area contributed by atoms with Crippen LogP contribution in [0.5, 0.6) is 0 Å². The third kappa shape index (κ3) is 3.47. The van der Waals surface area contributed by atoms with E-state index in [1.54, 1.807) is 0 Å². The Balaban J connectivity index is 0.00000400. The molecule has 9 heteroatoms. The van der Waals surface area contributed by atoms with Crippen LogP contribution in [-0.4, -0.2) is 34.4 Å². The zero-order valence-corrected chi connectivity index (χ0v) is 12.3. The van der Waals surface area contributed by atoms with Crippen molar-refractivity contribution < 1.29 is 6.22 Å². The van der Waals surface area contributed by atoms with Gasteiger partial charge in [0.15, 0.2) is 28.4 Å². The lowest BCUT2D eigenvalue weighted by molar-refractivity contribution is 0.0998. The third-order valence-electron chi connectivity index (χ3n) is 2.53. The lowest BCUT2D eigenvalue weighted by Crippen LogP contribution is -2.32. The molecule has 1 aromatic rings. The molecule has 1 amide bonds. The van der Waals surface area contributed by atoms with E-state index in [0.29, 0.717) is 12.4 Å². The molecule has 6 N–H and O–H groups in total. The maximum absolute atomic E-state index is 11.7. The van der Waals surface area contributed by atoms with E-state index in [1.165, 1.54) is 0 Å². The summed E-state index contributed by atoms with van der Waals surface area (Å²) in [4.78, 5) is 25.0. The number of carbonyl (C=O) groups is 1. The molecule has 110 valence electrons. The van der Waals surface area contributed by atoms with Crippen LogP contribution in [0, 0.1) is 0 Å². The Morgan fingerprint density at radius 3 is 2.50 bits per heavy atom. The van der Waals surface area contributed by atoms with Crippen molar-refractivity contribution in [2.45, 2.75) is 26.8 Å². The average molecular weight is 301 g/mol. The first-order valence-electron chi connectivity index (χ1n) is 6.01. The number of hydrogen-bond acceptors (Lipinski definition) is 5. The first-order chi connectivity index (χ1) is 9.27. The number of amides is 1. The molecule has 0 radical (unpaired) electrons. The van der Waals surface area contributed by atoms with Crippen molar-refractivity contribution in [2.24, 2.45) is 16.5 Å². The second-order valence-corrected chi connectivity index (χ2v) is 4.65. The number of aliphatic imine (C=N–C) groups is 1. The van der Waals surface area contributed by atoms with E-state index >= 15 is 0 Å². The van der Waals surface area contributed by atoms with Crippen LogP contribution in [0.2, 0.25) is 5.15 Å². The van der Waals surface area contributed by atoms with Crippen molar-refractivity contribution in [1.29, 1.82) is 0 Å². The van der Waals surface area contributed by atoms with Gasteiger partial charge in [0, 0.05) is 12.6 Å². The number of carbonyl (C=O) groups excluding carboxylic acids is 1. The molecule has 1 rings (SSSR count). The van der Waals surface area contributed by atoms with E-state index < -0.39 is 5.91 Å². The molecule has 0 saturated carbocycles. The average Bonchev–Trinajstić information content (AvgIpc) is 2.32. The molecule has 0 spiro atoms. The van der Waals surface area contributed by atoms with Gasteiger partial charge in [0.2, 0.25) is 0 Å². The number of aromatic nitrogens is 2. The number of halogens is 1. The molecule has 0 unspecified atom stereocenters. The molecule has 20 heavy (non-hydrogen) atoms. The van der Waals surface area contributed by atoms with Crippen LogP contribution in [-0.2, 0) is 0 Å². The van der Waals surface area contributed by atoms with E-state index in [4.69, 9.17) is 28.8 Å². The van der Waals surface area contributed by atoms with Gasteiger partial charge in [-0.05, 0) is 20.8 Å². The van der Waals surface area contributed by atoms with E-state index in [1.807, 2.05) is 25.7 Å². The van der Waals surface area contributed by atoms with Crippen molar-refractivity contribution >= 4 is 35.1 Å². The molecule has 0 saturated heterocycles. The van der Waals surface area contributed by atoms with Gasteiger partial charge in [-0.25, -0.2) is 9.97 Å². The Morgan fingerprint density at radius 2 is 2.05 bits per heavy atom. The van der Waals surface area contributed by atoms with Gasteiger partial charge in [0.1, 0.15) is 0 Å². The van der Waals surface area contributed by atoms with Gasteiger partial charge in [-0.3, -0.25) is 4.79 Å². The molecule has 0 aliphatic heterocycles. The molecule has 0 fully saturated rings. The van der Waals surface area contributed by atoms with Gasteiger partial charge < -0.3 is 22.1 Å². The van der Waals surface area contributed by atoms with Crippen LogP contribution in [0.15, 0.2) is 4.99 Å². The Kier molecular flexibility index (Phi) is 5.09. The highest BCUT2D eigenvalue weighted by molar-refractivity contribution is 6.32. The summed E-state index contributed by atoms with van der Waals surface area (Å²) < 4.78 is 0. The largest absolute Gasteiger partial charge is 1.00 e. The number of hydrogen-bond donors (Lipinski definition) is 3. The fourth-order valence-electron chi connectivity index (χ4n) is 1.69. The van der Waals surface area contributed by atoms with Gasteiger partial charge in [-0.2, -0.15) is 4.99 Å². The molecule has 0 aliphatic rings. The highest BCUT2D eigenvalue weighted by atomic mass is 35.5. The predicted molar refractivity (Wildman–Crippen MR) is 80.9 cm³/mol. The molecule has 1 heterocycles. The molecule has 0 aromatic carbocycles. The summed E-state index contributed by atoms with van der Waals surface area (Å²) in [5, 5.41) is 0.0730. The minimum absolute atomic E-state index is 0. The Bertz CT molecular complexity index is 546. The summed E-state index contributed by atoms with van der Waals surface area (Å²) in [5.41, 5.74) is 15.8. The summed E-state index contributed by atoms with van der Waals surface area (Å²) in [6, 6.07) is 0.158. The van der Waals surface area contributed by atoms with Crippen molar-refractivity contribution in [3.8, 4) is 0 Å². The van der Waals surface area contributed by atoms with Crippen LogP contribution in [0.3, 0.4) is 0 Å². The molecule has 0 bridgehead atoms. The van der Waals surface area contributed by atoms with Gasteiger partial charge in [0.25, 0.3) is 0 Å². The fraction of sp³-hybridized carbons (Fsp3) is 0.455. The predicted octanol–water partition coefficient (Wildman–Crippen LogP) is 0.473. The Labute approximate surface area is 123 Å². The van der Waals surface area contributed by atoms with Crippen molar-refractivity contribution in [3.63, 3.8) is 0 Å². The number of nitrogen functional groups attached to an aromatic ring is 1. The zero-order chi connectivity index (χ0) is 15.4. The number of nitrogens with two attached hydrogens (primary N) is 3. The van der Waals surface area contributed by atoms with Crippen LogP contribution in [0.25, 0.3) is 0 Å². The maximum Gasteiger partial charge on any atom is 1.00 e. The highest BCUT2D eigenvalue weighted by Crippen LogP contribution is 2.26. The van der Waals surface area contributed by atoms with Crippen molar-refractivity contribution in [2.75, 3.05) is 17.2 Å².